The van der Waals surface area contributed by atoms with E-state index >= 15 is 0 Å². The molecule has 0 atom stereocenters. The Morgan fingerprint density at radius 1 is 1.50 bits per heavy atom. The summed E-state index contributed by atoms with van der Waals surface area (Å²) in [4.78, 5) is 9.97. The Labute approximate surface area is 105 Å². The lowest BCUT2D eigenvalue weighted by Crippen LogP contribution is -2.24. The van der Waals surface area contributed by atoms with Crippen molar-refractivity contribution in [3.8, 4) is 12.3 Å². The average Bonchev–Trinajstić information content (AvgIpc) is 2.29. The number of sulfonamides is 1. The van der Waals surface area contributed by atoms with E-state index in [4.69, 9.17) is 6.42 Å². The highest BCUT2D eigenvalue weighted by molar-refractivity contribution is 7.89. The lowest BCUT2D eigenvalue weighted by atomic mass is 10.2. The van der Waals surface area contributed by atoms with Crippen LogP contribution in [-0.4, -0.2) is 19.9 Å². The molecule has 0 radical (unpaired) electrons. The Bertz CT molecular complexity index is 602. The van der Waals surface area contributed by atoms with Gasteiger partial charge in [-0.15, -0.1) is 12.3 Å². The largest absolute Gasteiger partial charge is 0.273 e. The maximum Gasteiger partial charge on any atom is 0.273 e. The summed E-state index contributed by atoms with van der Waals surface area (Å²) in [5, 5.41) is 10.7. The van der Waals surface area contributed by atoms with Gasteiger partial charge in [0, 0.05) is 24.6 Å². The molecular weight excluding hydrogens is 256 g/mol. The first-order valence-electron chi connectivity index (χ1n) is 5.06. The number of nitro groups is 1. The van der Waals surface area contributed by atoms with Crippen molar-refractivity contribution in [2.45, 2.75) is 18.2 Å². The van der Waals surface area contributed by atoms with Crippen LogP contribution in [0.5, 0.6) is 0 Å². The van der Waals surface area contributed by atoms with E-state index in [2.05, 4.69) is 10.6 Å². The van der Waals surface area contributed by atoms with Crippen molar-refractivity contribution in [3.05, 3.63) is 33.9 Å². The predicted molar refractivity (Wildman–Crippen MR) is 66.5 cm³/mol. The lowest BCUT2D eigenvalue weighted by molar-refractivity contribution is -0.385. The van der Waals surface area contributed by atoms with E-state index in [-0.39, 0.29) is 23.5 Å². The second kappa shape index (κ2) is 5.62. The van der Waals surface area contributed by atoms with Gasteiger partial charge in [-0.3, -0.25) is 10.1 Å². The molecule has 0 aliphatic carbocycles. The van der Waals surface area contributed by atoms with Gasteiger partial charge >= 0.3 is 0 Å². The van der Waals surface area contributed by atoms with Crippen LogP contribution in [0, 0.1) is 29.4 Å². The van der Waals surface area contributed by atoms with Crippen LogP contribution >= 0.6 is 0 Å². The van der Waals surface area contributed by atoms with E-state index in [0.29, 0.717) is 5.56 Å². The zero-order valence-corrected chi connectivity index (χ0v) is 10.5. The van der Waals surface area contributed by atoms with E-state index < -0.39 is 14.9 Å². The molecule has 0 aliphatic rings. The van der Waals surface area contributed by atoms with Gasteiger partial charge in [0.1, 0.15) is 0 Å². The molecule has 0 unspecified atom stereocenters. The highest BCUT2D eigenvalue weighted by atomic mass is 32.2. The molecule has 1 N–H and O–H groups in total. The normalized spacial score (nSPS) is 10.9. The third kappa shape index (κ3) is 3.29. The van der Waals surface area contributed by atoms with Crippen LogP contribution in [0.1, 0.15) is 12.0 Å². The molecule has 0 aromatic heterocycles. The van der Waals surface area contributed by atoms with Gasteiger partial charge in [-0.1, -0.05) is 6.07 Å². The number of aryl methyl sites for hydroxylation is 1. The van der Waals surface area contributed by atoms with Gasteiger partial charge in [-0.2, -0.15) is 0 Å². The minimum Gasteiger partial charge on any atom is -0.258 e. The van der Waals surface area contributed by atoms with Gasteiger partial charge < -0.3 is 0 Å². The van der Waals surface area contributed by atoms with E-state index in [1.165, 1.54) is 12.1 Å². The van der Waals surface area contributed by atoms with Crippen molar-refractivity contribution < 1.29 is 13.3 Å². The molecular formula is C11H12N2O4S. The molecule has 6 nitrogen and oxygen atoms in total. The zero-order valence-electron chi connectivity index (χ0n) is 9.71. The van der Waals surface area contributed by atoms with Gasteiger partial charge in [-0.25, -0.2) is 13.1 Å². The fraction of sp³-hybridized carbons (Fsp3) is 0.273. The SMILES string of the molecule is C#CCCNS(=O)(=O)c1ccc(C)c([N+](=O)[O-])c1. The molecule has 0 spiro atoms. The summed E-state index contributed by atoms with van der Waals surface area (Å²) < 4.78 is 25.9. The number of rotatable bonds is 5. The van der Waals surface area contributed by atoms with E-state index in [1.54, 1.807) is 6.92 Å². The van der Waals surface area contributed by atoms with E-state index in [1.807, 2.05) is 0 Å². The van der Waals surface area contributed by atoms with Crippen molar-refractivity contribution in [1.29, 1.82) is 0 Å². The summed E-state index contributed by atoms with van der Waals surface area (Å²) in [5.74, 6) is 2.30. The Balaban J connectivity index is 3.07. The number of benzene rings is 1. The fourth-order valence-corrected chi connectivity index (χ4v) is 2.35. The predicted octanol–water partition coefficient (Wildman–Crippen LogP) is 1.20. The summed E-state index contributed by atoms with van der Waals surface area (Å²) in [7, 11) is -3.76. The van der Waals surface area contributed by atoms with Crippen LogP contribution in [0.4, 0.5) is 5.69 Å². The van der Waals surface area contributed by atoms with Gasteiger partial charge in [-0.05, 0) is 13.0 Å². The van der Waals surface area contributed by atoms with Crippen LogP contribution in [0.15, 0.2) is 23.1 Å². The summed E-state index contributed by atoms with van der Waals surface area (Å²) in [5.41, 5.74) is 0.178. The summed E-state index contributed by atoms with van der Waals surface area (Å²) in [6.07, 6.45) is 5.26. The number of hydrogen-bond acceptors (Lipinski definition) is 4. The number of nitro benzene ring substituents is 1. The monoisotopic (exact) mass is 268 g/mol. The second-order valence-corrected chi connectivity index (χ2v) is 5.32. The van der Waals surface area contributed by atoms with Crippen molar-refractivity contribution in [2.24, 2.45) is 0 Å². The smallest absolute Gasteiger partial charge is 0.258 e. The Morgan fingerprint density at radius 2 is 2.17 bits per heavy atom. The molecule has 0 heterocycles. The molecule has 1 aromatic rings. The molecule has 18 heavy (non-hydrogen) atoms. The molecule has 0 fully saturated rings. The van der Waals surface area contributed by atoms with Gasteiger partial charge in [0.15, 0.2) is 0 Å². The van der Waals surface area contributed by atoms with Gasteiger partial charge in [0.2, 0.25) is 10.0 Å². The maximum absolute atomic E-state index is 11.8. The first-order chi connectivity index (χ1) is 8.38. The molecule has 7 heteroatoms. The molecule has 1 rings (SSSR count). The van der Waals surface area contributed by atoms with Crippen molar-refractivity contribution in [1.82, 2.24) is 4.72 Å². The first kappa shape index (κ1) is 14.2. The first-order valence-corrected chi connectivity index (χ1v) is 6.55. The summed E-state index contributed by atoms with van der Waals surface area (Å²) in [6, 6.07) is 3.75. The second-order valence-electron chi connectivity index (χ2n) is 3.56. The minimum absolute atomic E-state index is 0.0977. The van der Waals surface area contributed by atoms with Crippen molar-refractivity contribution in [3.63, 3.8) is 0 Å². The summed E-state index contributed by atoms with van der Waals surface area (Å²) >= 11 is 0. The van der Waals surface area contributed by atoms with Crippen molar-refractivity contribution >= 4 is 15.7 Å². The highest BCUT2D eigenvalue weighted by Crippen LogP contribution is 2.21. The Hall–Kier alpha value is -1.91. The Morgan fingerprint density at radius 3 is 2.72 bits per heavy atom. The molecule has 0 saturated carbocycles. The minimum atomic E-state index is -3.76. The van der Waals surface area contributed by atoms with Crippen molar-refractivity contribution in [2.75, 3.05) is 6.54 Å². The maximum atomic E-state index is 11.8. The molecule has 0 aliphatic heterocycles. The highest BCUT2D eigenvalue weighted by Gasteiger charge is 2.18. The number of nitrogens with zero attached hydrogens (tertiary/aromatic N) is 1. The number of hydrogen-bond donors (Lipinski definition) is 1. The van der Waals surface area contributed by atoms with Crippen LogP contribution < -0.4 is 4.72 Å². The fourth-order valence-electron chi connectivity index (χ4n) is 1.29. The quantitative estimate of drug-likeness (QED) is 0.376. The van der Waals surface area contributed by atoms with E-state index in [0.717, 1.165) is 6.07 Å². The lowest BCUT2D eigenvalue weighted by Gasteiger charge is -2.06. The van der Waals surface area contributed by atoms with Gasteiger partial charge in [0.25, 0.3) is 5.69 Å². The Kier molecular flexibility index (Phi) is 4.42. The van der Waals surface area contributed by atoms with Crippen LogP contribution in [0.2, 0.25) is 0 Å². The molecule has 0 bridgehead atoms. The molecule has 1 aromatic carbocycles. The third-order valence-corrected chi connectivity index (χ3v) is 3.71. The van der Waals surface area contributed by atoms with Gasteiger partial charge in [0.05, 0.1) is 9.82 Å². The van der Waals surface area contributed by atoms with Crippen LogP contribution in [0.25, 0.3) is 0 Å². The third-order valence-electron chi connectivity index (χ3n) is 2.25. The topological polar surface area (TPSA) is 89.3 Å². The standard InChI is InChI=1S/C11H12N2O4S/c1-3-4-7-12-18(16,17)10-6-5-9(2)11(8-10)13(14)15/h1,5-6,8,12H,4,7H2,2H3. The zero-order chi connectivity index (χ0) is 13.8. The van der Waals surface area contributed by atoms with E-state index in [9.17, 15) is 18.5 Å². The van der Waals surface area contributed by atoms with Crippen LogP contribution in [0.3, 0.4) is 0 Å². The molecule has 0 saturated heterocycles. The summed E-state index contributed by atoms with van der Waals surface area (Å²) in [6.45, 7) is 1.64. The van der Waals surface area contributed by atoms with Crippen LogP contribution in [-0.2, 0) is 10.0 Å². The molecule has 96 valence electrons. The number of terminal acetylenes is 1. The number of nitrogens with one attached hydrogen (secondary N) is 1. The molecule has 0 amide bonds. The average molecular weight is 268 g/mol.